The van der Waals surface area contributed by atoms with Crippen LogP contribution in [0.4, 0.5) is 0 Å². The Balaban J connectivity index is 1.77. The molecule has 0 saturated heterocycles. The van der Waals surface area contributed by atoms with Crippen molar-refractivity contribution in [1.29, 1.82) is 0 Å². The highest BCUT2D eigenvalue weighted by atomic mass is 16.7. The van der Waals surface area contributed by atoms with Crippen LogP contribution in [0.3, 0.4) is 0 Å². The maximum absolute atomic E-state index is 12.9. The van der Waals surface area contributed by atoms with E-state index in [0.717, 1.165) is 32.9 Å². The van der Waals surface area contributed by atoms with Crippen LogP contribution in [0.15, 0.2) is 34.6 Å². The predicted octanol–water partition coefficient (Wildman–Crippen LogP) is 3.13. The van der Waals surface area contributed by atoms with E-state index in [9.17, 15) is 19.2 Å². The Morgan fingerprint density at radius 1 is 0.818 bits per heavy atom. The van der Waals surface area contributed by atoms with Gasteiger partial charge in [-0.2, -0.15) is 0 Å². The number of fused-ring (bicyclic) bond motifs is 7. The number of aromatic nitrogens is 1. The lowest BCUT2D eigenvalue weighted by atomic mass is 9.98. The summed E-state index contributed by atoms with van der Waals surface area (Å²) in [6, 6.07) is 7.31. The van der Waals surface area contributed by atoms with Gasteiger partial charge in [0.05, 0.1) is 0 Å². The molecule has 0 bridgehead atoms. The standard InChI is InChI=1S/C24H19N3O6/c1-4-27-19-7-5-13-15(9-17(23(13)30)25-32-11(2)28)21(19)22-16-10-18(26-33-12(3)29)24(31)14(16)6-8-20(22)27/h5-8H,4,9-10H2,1-3H3. The van der Waals surface area contributed by atoms with Crippen LogP contribution in [-0.4, -0.2) is 39.5 Å². The van der Waals surface area contributed by atoms with Crippen LogP contribution in [0.1, 0.15) is 52.6 Å². The minimum absolute atomic E-state index is 0.158. The fraction of sp³-hybridized carbons (Fsp3) is 0.250. The molecule has 9 nitrogen and oxygen atoms in total. The van der Waals surface area contributed by atoms with Gasteiger partial charge in [0.2, 0.25) is 11.6 Å². The fourth-order valence-electron chi connectivity index (χ4n) is 4.73. The van der Waals surface area contributed by atoms with Gasteiger partial charge >= 0.3 is 11.9 Å². The van der Waals surface area contributed by atoms with E-state index in [2.05, 4.69) is 14.9 Å². The number of hydrogen-bond donors (Lipinski definition) is 0. The van der Waals surface area contributed by atoms with Crippen molar-refractivity contribution in [3.8, 4) is 0 Å². The highest BCUT2D eigenvalue weighted by Gasteiger charge is 2.34. The molecule has 0 N–H and O–H groups in total. The molecule has 9 heteroatoms. The number of benzene rings is 2. The molecule has 166 valence electrons. The van der Waals surface area contributed by atoms with Gasteiger partial charge in [-0.15, -0.1) is 0 Å². The van der Waals surface area contributed by atoms with E-state index in [-0.39, 0.29) is 35.8 Å². The molecule has 0 radical (unpaired) electrons. The number of carbonyl (C=O) groups excluding carboxylic acids is 4. The monoisotopic (exact) mass is 445 g/mol. The number of hydrogen-bond acceptors (Lipinski definition) is 8. The molecule has 2 aliphatic carbocycles. The first-order valence-electron chi connectivity index (χ1n) is 10.5. The largest absolute Gasteiger partial charge is 0.341 e. The molecule has 3 aromatic rings. The number of ketones is 2. The lowest BCUT2D eigenvalue weighted by Crippen LogP contribution is -2.09. The zero-order valence-electron chi connectivity index (χ0n) is 18.2. The minimum Gasteiger partial charge on any atom is -0.341 e. The van der Waals surface area contributed by atoms with E-state index in [0.29, 0.717) is 17.7 Å². The smallest absolute Gasteiger partial charge is 0.331 e. The predicted molar refractivity (Wildman–Crippen MR) is 120 cm³/mol. The Bertz CT molecular complexity index is 1380. The van der Waals surface area contributed by atoms with E-state index in [1.807, 2.05) is 19.1 Å². The molecule has 2 aliphatic rings. The number of Topliss-reactive ketones (excluding diaryl/α,β-unsaturated/α-hetero) is 2. The van der Waals surface area contributed by atoms with Gasteiger partial charge in [0, 0.05) is 66.2 Å². The molecule has 1 aromatic heterocycles. The van der Waals surface area contributed by atoms with Crippen molar-refractivity contribution < 1.29 is 28.9 Å². The molecule has 0 aliphatic heterocycles. The second-order valence-corrected chi connectivity index (χ2v) is 7.97. The lowest BCUT2D eigenvalue weighted by molar-refractivity contribution is -0.141. The fourth-order valence-corrected chi connectivity index (χ4v) is 4.73. The highest BCUT2D eigenvalue weighted by Crippen LogP contribution is 2.41. The number of rotatable bonds is 3. The molecule has 0 fully saturated rings. The van der Waals surface area contributed by atoms with E-state index in [1.165, 1.54) is 13.8 Å². The van der Waals surface area contributed by atoms with E-state index in [1.54, 1.807) is 12.1 Å². The highest BCUT2D eigenvalue weighted by molar-refractivity contribution is 6.52. The summed E-state index contributed by atoms with van der Waals surface area (Å²) >= 11 is 0. The van der Waals surface area contributed by atoms with E-state index in [4.69, 9.17) is 9.68 Å². The summed E-state index contributed by atoms with van der Waals surface area (Å²) in [4.78, 5) is 57.6. The third-order valence-corrected chi connectivity index (χ3v) is 6.00. The van der Waals surface area contributed by atoms with Crippen LogP contribution in [0.2, 0.25) is 0 Å². The topological polar surface area (TPSA) is 116 Å². The van der Waals surface area contributed by atoms with E-state index >= 15 is 0 Å². The van der Waals surface area contributed by atoms with Gasteiger partial charge < -0.3 is 14.2 Å². The summed E-state index contributed by atoms with van der Waals surface area (Å²) in [5.41, 5.74) is 4.74. The molecule has 0 spiro atoms. The quantitative estimate of drug-likeness (QED) is 0.452. The molecule has 2 aromatic carbocycles. The number of oxime groups is 2. The van der Waals surface area contributed by atoms with Crippen LogP contribution in [-0.2, 0) is 38.7 Å². The second kappa shape index (κ2) is 7.47. The maximum Gasteiger partial charge on any atom is 0.331 e. The van der Waals surface area contributed by atoms with Crippen LogP contribution in [0.25, 0.3) is 21.8 Å². The van der Waals surface area contributed by atoms with Crippen LogP contribution < -0.4 is 0 Å². The number of carbonyl (C=O) groups is 4. The normalized spacial score (nSPS) is 17.3. The maximum atomic E-state index is 12.9. The molecule has 33 heavy (non-hydrogen) atoms. The Hall–Kier alpha value is -4.14. The zero-order valence-corrected chi connectivity index (χ0v) is 18.2. The first-order chi connectivity index (χ1) is 15.8. The van der Waals surface area contributed by atoms with Crippen LogP contribution >= 0.6 is 0 Å². The number of nitrogens with zero attached hydrogens (tertiary/aromatic N) is 3. The molecular formula is C24H19N3O6. The van der Waals surface area contributed by atoms with Gasteiger partial charge in [0.1, 0.15) is 11.4 Å². The Morgan fingerprint density at radius 2 is 1.24 bits per heavy atom. The van der Waals surface area contributed by atoms with Crippen molar-refractivity contribution >= 4 is 56.7 Å². The first kappa shape index (κ1) is 20.7. The summed E-state index contributed by atoms with van der Waals surface area (Å²) in [6.45, 7) is 5.15. The van der Waals surface area contributed by atoms with Crippen molar-refractivity contribution in [3.05, 3.63) is 46.5 Å². The Morgan fingerprint density at radius 3 is 1.61 bits per heavy atom. The van der Waals surface area contributed by atoms with Gasteiger partial charge in [0.15, 0.2) is 0 Å². The van der Waals surface area contributed by atoms with Crippen molar-refractivity contribution in [2.75, 3.05) is 0 Å². The second-order valence-electron chi connectivity index (χ2n) is 7.97. The van der Waals surface area contributed by atoms with Gasteiger partial charge in [-0.25, -0.2) is 9.59 Å². The van der Waals surface area contributed by atoms with Crippen LogP contribution in [0, 0.1) is 0 Å². The van der Waals surface area contributed by atoms with Crippen molar-refractivity contribution in [2.45, 2.75) is 40.2 Å². The third kappa shape index (κ3) is 3.07. The average Bonchev–Trinajstić information content (AvgIpc) is 3.39. The van der Waals surface area contributed by atoms with Crippen molar-refractivity contribution in [2.24, 2.45) is 10.3 Å². The Labute approximate surface area is 187 Å². The summed E-state index contributed by atoms with van der Waals surface area (Å²) in [7, 11) is 0. The molecule has 0 atom stereocenters. The summed E-state index contributed by atoms with van der Waals surface area (Å²) in [6.07, 6.45) is 0.432. The van der Waals surface area contributed by atoms with Gasteiger partial charge in [0.25, 0.3) is 0 Å². The molecule has 1 heterocycles. The molecule has 0 saturated carbocycles. The molecular weight excluding hydrogens is 426 g/mol. The summed E-state index contributed by atoms with van der Waals surface area (Å²) in [5.74, 6) is -1.78. The first-order valence-corrected chi connectivity index (χ1v) is 10.5. The molecule has 5 rings (SSSR count). The molecule has 0 amide bonds. The Kier molecular flexibility index (Phi) is 4.70. The van der Waals surface area contributed by atoms with E-state index < -0.39 is 11.9 Å². The van der Waals surface area contributed by atoms with Gasteiger partial charge in [-0.3, -0.25) is 9.59 Å². The SMILES string of the molecule is CCn1c2ccc3c(c2c2c4c(ccc21)C(=O)C(=NOC(C)=O)C4)CC(=NOC(C)=O)C3=O. The van der Waals surface area contributed by atoms with Crippen molar-refractivity contribution in [3.63, 3.8) is 0 Å². The van der Waals surface area contributed by atoms with Gasteiger partial charge in [-0.1, -0.05) is 10.3 Å². The van der Waals surface area contributed by atoms with Crippen molar-refractivity contribution in [1.82, 2.24) is 4.57 Å². The average molecular weight is 445 g/mol. The zero-order chi connectivity index (χ0) is 23.4. The van der Waals surface area contributed by atoms with Crippen LogP contribution in [0.5, 0.6) is 0 Å². The lowest BCUT2D eigenvalue weighted by Gasteiger charge is -2.04. The summed E-state index contributed by atoms with van der Waals surface area (Å²) in [5, 5.41) is 9.25. The molecule has 0 unspecified atom stereocenters. The number of aryl methyl sites for hydroxylation is 1. The third-order valence-electron chi connectivity index (χ3n) is 6.00. The minimum atomic E-state index is -0.602. The summed E-state index contributed by atoms with van der Waals surface area (Å²) < 4.78 is 2.13. The van der Waals surface area contributed by atoms with Gasteiger partial charge in [-0.05, 0) is 42.3 Å².